The van der Waals surface area contributed by atoms with Crippen molar-refractivity contribution in [2.45, 2.75) is 20.0 Å². The van der Waals surface area contributed by atoms with Gasteiger partial charge in [0, 0.05) is 12.3 Å². The molecule has 0 aliphatic rings. The van der Waals surface area contributed by atoms with Crippen molar-refractivity contribution < 1.29 is 22.7 Å². The summed E-state index contributed by atoms with van der Waals surface area (Å²) >= 11 is 1.73. The number of benzene rings is 1. The zero-order valence-corrected chi connectivity index (χ0v) is 13.6. The Hall–Kier alpha value is -1.76. The molecule has 2 rings (SSSR count). The third kappa shape index (κ3) is 4.16. The molecule has 1 heterocycles. The smallest absolute Gasteiger partial charge is 0.416 e. The largest absolute Gasteiger partial charge is 0.504 e. The molecular weight excluding hydrogens is 327 g/mol. The Morgan fingerprint density at radius 3 is 2.70 bits per heavy atom. The second-order valence-electron chi connectivity index (χ2n) is 4.91. The van der Waals surface area contributed by atoms with Gasteiger partial charge in [-0.25, -0.2) is 0 Å². The van der Waals surface area contributed by atoms with E-state index in [1.165, 1.54) is 12.1 Å². The van der Waals surface area contributed by atoms with Gasteiger partial charge in [0.1, 0.15) is 5.76 Å². The summed E-state index contributed by atoms with van der Waals surface area (Å²) in [6.07, 6.45) is -4.43. The third-order valence-electron chi connectivity index (χ3n) is 3.27. The molecule has 0 saturated heterocycles. The number of furan rings is 1. The van der Waals surface area contributed by atoms with E-state index in [-0.39, 0.29) is 28.5 Å². The molecule has 126 valence electrons. The lowest BCUT2D eigenvalue weighted by Gasteiger charge is -2.10. The summed E-state index contributed by atoms with van der Waals surface area (Å²) in [5, 5.41) is 13.2. The van der Waals surface area contributed by atoms with E-state index >= 15 is 0 Å². The summed E-state index contributed by atoms with van der Waals surface area (Å²) in [5.74, 6) is 2.22. The predicted octanol–water partition coefficient (Wildman–Crippen LogP) is 5.14. The van der Waals surface area contributed by atoms with E-state index in [2.05, 4.69) is 5.32 Å². The van der Waals surface area contributed by atoms with Crippen LogP contribution >= 0.6 is 11.8 Å². The van der Waals surface area contributed by atoms with Crippen LogP contribution in [0, 0.1) is 6.92 Å². The topological polar surface area (TPSA) is 45.4 Å². The van der Waals surface area contributed by atoms with E-state index in [0.29, 0.717) is 6.54 Å². The fraction of sp³-hybridized carbons (Fsp3) is 0.375. The molecule has 0 spiro atoms. The lowest BCUT2D eigenvalue weighted by molar-refractivity contribution is -0.137. The quantitative estimate of drug-likeness (QED) is 0.711. The lowest BCUT2D eigenvalue weighted by atomic mass is 10.0. The standard InChI is InChI=1S/C16H18F3NO2S/c1-3-23-8-7-20-15-13(14(21)10(2)22-15)11-5-4-6-12(9-11)16(17,18)19/h4-6,9,20-21H,3,7-8H2,1-2H3. The minimum Gasteiger partial charge on any atom is -0.504 e. The molecular formula is C16H18F3NO2S. The van der Waals surface area contributed by atoms with Crippen LogP contribution in [0.15, 0.2) is 28.7 Å². The Bertz CT molecular complexity index is 668. The van der Waals surface area contributed by atoms with Gasteiger partial charge in [-0.1, -0.05) is 19.1 Å². The minimum atomic E-state index is -4.43. The minimum absolute atomic E-state index is 0.144. The van der Waals surface area contributed by atoms with Gasteiger partial charge in [-0.15, -0.1) is 0 Å². The van der Waals surface area contributed by atoms with Crippen molar-refractivity contribution in [3.63, 3.8) is 0 Å². The van der Waals surface area contributed by atoms with E-state index in [4.69, 9.17) is 4.42 Å². The van der Waals surface area contributed by atoms with E-state index in [1.807, 2.05) is 6.92 Å². The van der Waals surface area contributed by atoms with Crippen molar-refractivity contribution >= 4 is 17.6 Å². The fourth-order valence-corrected chi connectivity index (χ4v) is 2.70. The highest BCUT2D eigenvalue weighted by Crippen LogP contribution is 2.42. The van der Waals surface area contributed by atoms with Gasteiger partial charge in [0.15, 0.2) is 5.75 Å². The normalized spacial score (nSPS) is 11.7. The monoisotopic (exact) mass is 345 g/mol. The Kier molecular flexibility index (Phi) is 5.51. The van der Waals surface area contributed by atoms with Gasteiger partial charge in [-0.2, -0.15) is 24.9 Å². The van der Waals surface area contributed by atoms with Crippen molar-refractivity contribution in [2.75, 3.05) is 23.4 Å². The number of hydrogen-bond donors (Lipinski definition) is 2. The second-order valence-corrected chi connectivity index (χ2v) is 6.31. The molecule has 1 aromatic carbocycles. The van der Waals surface area contributed by atoms with Gasteiger partial charge in [-0.05, 0) is 30.4 Å². The van der Waals surface area contributed by atoms with E-state index in [0.717, 1.165) is 23.6 Å². The van der Waals surface area contributed by atoms with Crippen LogP contribution in [0.4, 0.5) is 19.1 Å². The molecule has 23 heavy (non-hydrogen) atoms. The van der Waals surface area contributed by atoms with Crippen molar-refractivity contribution in [2.24, 2.45) is 0 Å². The maximum atomic E-state index is 12.9. The van der Waals surface area contributed by atoms with Crippen molar-refractivity contribution in [3.8, 4) is 16.9 Å². The molecule has 0 amide bonds. The number of halogens is 3. The molecule has 2 N–H and O–H groups in total. The van der Waals surface area contributed by atoms with Crippen molar-refractivity contribution in [1.29, 1.82) is 0 Å². The summed E-state index contributed by atoms with van der Waals surface area (Å²) in [5.41, 5.74) is -0.240. The molecule has 0 unspecified atom stereocenters. The molecule has 3 nitrogen and oxygen atoms in total. The zero-order chi connectivity index (χ0) is 17.0. The van der Waals surface area contributed by atoms with Crippen LogP contribution in [-0.4, -0.2) is 23.2 Å². The van der Waals surface area contributed by atoms with Crippen LogP contribution in [-0.2, 0) is 6.18 Å². The highest BCUT2D eigenvalue weighted by atomic mass is 32.2. The first-order valence-electron chi connectivity index (χ1n) is 7.16. The fourth-order valence-electron chi connectivity index (χ4n) is 2.16. The highest BCUT2D eigenvalue weighted by molar-refractivity contribution is 7.99. The molecule has 7 heteroatoms. The first kappa shape index (κ1) is 17.6. The number of anilines is 1. The zero-order valence-electron chi connectivity index (χ0n) is 12.8. The van der Waals surface area contributed by atoms with Crippen LogP contribution in [0.1, 0.15) is 18.2 Å². The average molecular weight is 345 g/mol. The lowest BCUT2D eigenvalue weighted by Crippen LogP contribution is -2.06. The first-order valence-corrected chi connectivity index (χ1v) is 8.31. The summed E-state index contributed by atoms with van der Waals surface area (Å²) in [4.78, 5) is 0. The third-order valence-corrected chi connectivity index (χ3v) is 4.17. The molecule has 0 fully saturated rings. The number of aromatic hydroxyl groups is 1. The number of aryl methyl sites for hydroxylation is 1. The van der Waals surface area contributed by atoms with Crippen molar-refractivity contribution in [3.05, 3.63) is 35.6 Å². The van der Waals surface area contributed by atoms with Crippen LogP contribution < -0.4 is 5.32 Å². The summed E-state index contributed by atoms with van der Waals surface area (Å²) in [6.45, 7) is 4.21. The molecule has 0 atom stereocenters. The summed E-state index contributed by atoms with van der Waals surface area (Å²) < 4.78 is 44.1. The van der Waals surface area contributed by atoms with Gasteiger partial charge in [0.25, 0.3) is 0 Å². The molecule has 0 bridgehead atoms. The number of nitrogens with one attached hydrogen (secondary N) is 1. The van der Waals surface area contributed by atoms with Crippen LogP contribution in [0.3, 0.4) is 0 Å². The Labute approximate surface area is 136 Å². The molecule has 0 aliphatic heterocycles. The molecule has 0 radical (unpaired) electrons. The van der Waals surface area contributed by atoms with Crippen LogP contribution in [0.2, 0.25) is 0 Å². The summed E-state index contributed by atoms with van der Waals surface area (Å²) in [7, 11) is 0. The number of rotatable bonds is 6. The summed E-state index contributed by atoms with van der Waals surface area (Å²) in [6, 6.07) is 4.84. The van der Waals surface area contributed by atoms with Gasteiger partial charge < -0.3 is 14.8 Å². The number of hydrogen-bond acceptors (Lipinski definition) is 4. The molecule has 2 aromatic rings. The van der Waals surface area contributed by atoms with E-state index in [1.54, 1.807) is 18.7 Å². The van der Waals surface area contributed by atoms with E-state index in [9.17, 15) is 18.3 Å². The Balaban J connectivity index is 2.35. The maximum Gasteiger partial charge on any atom is 0.416 e. The molecule has 0 saturated carbocycles. The van der Waals surface area contributed by atoms with Gasteiger partial charge in [0.2, 0.25) is 5.88 Å². The SMILES string of the molecule is CCSCCNc1oc(C)c(O)c1-c1cccc(C(F)(F)F)c1. The number of alkyl halides is 3. The average Bonchev–Trinajstić information content (AvgIpc) is 2.78. The van der Waals surface area contributed by atoms with Gasteiger partial charge in [-0.3, -0.25) is 0 Å². The molecule has 1 aromatic heterocycles. The van der Waals surface area contributed by atoms with E-state index < -0.39 is 11.7 Å². The highest BCUT2D eigenvalue weighted by Gasteiger charge is 2.31. The second kappa shape index (κ2) is 7.21. The first-order chi connectivity index (χ1) is 10.8. The van der Waals surface area contributed by atoms with Gasteiger partial charge in [0.05, 0.1) is 11.1 Å². The van der Waals surface area contributed by atoms with Crippen LogP contribution in [0.25, 0.3) is 11.1 Å². The Morgan fingerprint density at radius 2 is 2.04 bits per heavy atom. The Morgan fingerprint density at radius 1 is 1.30 bits per heavy atom. The maximum absolute atomic E-state index is 12.9. The molecule has 0 aliphatic carbocycles. The number of thioether (sulfide) groups is 1. The predicted molar refractivity (Wildman–Crippen MR) is 87.0 cm³/mol. The van der Waals surface area contributed by atoms with Crippen LogP contribution in [0.5, 0.6) is 5.75 Å². The van der Waals surface area contributed by atoms with Crippen molar-refractivity contribution in [1.82, 2.24) is 0 Å². The van der Waals surface area contributed by atoms with Gasteiger partial charge >= 0.3 is 6.18 Å².